The number of nitrogen functional groups attached to an aromatic ring is 1. The van der Waals surface area contributed by atoms with E-state index in [1.165, 1.54) is 12.3 Å². The van der Waals surface area contributed by atoms with Gasteiger partial charge in [-0.2, -0.15) is 0 Å². The van der Waals surface area contributed by atoms with Gasteiger partial charge in [0, 0.05) is 18.8 Å². The molecule has 0 fully saturated rings. The summed E-state index contributed by atoms with van der Waals surface area (Å²) in [5.74, 6) is 4.32. The van der Waals surface area contributed by atoms with Crippen LogP contribution in [0.2, 0.25) is 0 Å². The Morgan fingerprint density at radius 3 is 3.10 bits per heavy atom. The quantitative estimate of drug-likeness (QED) is 0.473. The molecule has 1 amide bonds. The molecule has 0 atom stereocenters. The maximum Gasteiger partial charge on any atom is 0.287 e. The highest BCUT2D eigenvalue weighted by Gasteiger charge is 2.19. The van der Waals surface area contributed by atoms with Crippen molar-refractivity contribution >= 4 is 11.6 Å². The van der Waals surface area contributed by atoms with Crippen LogP contribution in [0.4, 0.5) is 10.1 Å². The van der Waals surface area contributed by atoms with Gasteiger partial charge in [0.25, 0.3) is 5.91 Å². The number of nitrogens with zero attached hydrogens (tertiary/aromatic N) is 4. The number of carbonyl (C=O) groups excluding carboxylic acids is 1. The summed E-state index contributed by atoms with van der Waals surface area (Å²) < 4.78 is 14.9. The molecule has 3 rings (SSSR count). The minimum atomic E-state index is -0.477. The minimum absolute atomic E-state index is 0.172. The molecule has 21 heavy (non-hydrogen) atoms. The number of amides is 1. The third-order valence-corrected chi connectivity index (χ3v) is 3.54. The summed E-state index contributed by atoms with van der Waals surface area (Å²) in [6, 6.07) is 4.86. The first-order chi connectivity index (χ1) is 10.2. The number of anilines is 1. The van der Waals surface area contributed by atoms with E-state index in [9.17, 15) is 9.18 Å². The summed E-state index contributed by atoms with van der Waals surface area (Å²) in [4.78, 5) is 13.4. The number of rotatable bonds is 4. The number of nitrogens with two attached hydrogens (primary N) is 1. The molecule has 3 N–H and O–H groups in total. The second-order valence-electron chi connectivity index (χ2n) is 4.85. The Morgan fingerprint density at radius 2 is 2.29 bits per heavy atom. The van der Waals surface area contributed by atoms with Crippen LogP contribution in [-0.2, 0) is 13.0 Å². The van der Waals surface area contributed by atoms with Crippen molar-refractivity contribution in [3.63, 3.8) is 0 Å². The van der Waals surface area contributed by atoms with Crippen molar-refractivity contribution in [2.24, 2.45) is 5.84 Å². The standard InChI is InChI=1S/C13H15FN6O/c14-10-2-1-9-3-4-19(12(9)7-10)5-6-20-8-11(17-18-20)13(21)16-15/h1-2,7-8H,3-6,15H2,(H,16,21). The van der Waals surface area contributed by atoms with E-state index in [-0.39, 0.29) is 11.5 Å². The van der Waals surface area contributed by atoms with Crippen molar-refractivity contribution in [2.75, 3.05) is 18.0 Å². The Labute approximate surface area is 120 Å². The van der Waals surface area contributed by atoms with Crippen LogP contribution in [0.15, 0.2) is 24.4 Å². The van der Waals surface area contributed by atoms with Gasteiger partial charge in [-0.15, -0.1) is 5.10 Å². The third-order valence-electron chi connectivity index (χ3n) is 3.54. The molecule has 0 saturated carbocycles. The summed E-state index contributed by atoms with van der Waals surface area (Å²) in [7, 11) is 0. The lowest BCUT2D eigenvalue weighted by atomic mass is 10.2. The third kappa shape index (κ3) is 2.70. The predicted octanol–water partition coefficient (Wildman–Crippen LogP) is 0.0834. The highest BCUT2D eigenvalue weighted by Crippen LogP contribution is 2.28. The van der Waals surface area contributed by atoms with E-state index in [1.54, 1.807) is 10.7 Å². The molecule has 0 saturated heterocycles. The van der Waals surface area contributed by atoms with Crippen molar-refractivity contribution in [2.45, 2.75) is 13.0 Å². The monoisotopic (exact) mass is 290 g/mol. The van der Waals surface area contributed by atoms with Crippen molar-refractivity contribution in [3.8, 4) is 0 Å². The van der Waals surface area contributed by atoms with E-state index >= 15 is 0 Å². The largest absolute Gasteiger partial charge is 0.369 e. The molecule has 0 aliphatic carbocycles. The number of halogens is 1. The Morgan fingerprint density at radius 1 is 1.43 bits per heavy atom. The average molecular weight is 290 g/mol. The number of aromatic nitrogens is 3. The molecule has 110 valence electrons. The Bertz CT molecular complexity index is 670. The van der Waals surface area contributed by atoms with Crippen molar-refractivity contribution in [3.05, 3.63) is 41.5 Å². The predicted molar refractivity (Wildman–Crippen MR) is 74.0 cm³/mol. The highest BCUT2D eigenvalue weighted by molar-refractivity contribution is 5.91. The molecule has 1 aliphatic rings. The zero-order valence-electron chi connectivity index (χ0n) is 11.3. The molecule has 8 heteroatoms. The van der Waals surface area contributed by atoms with Crippen LogP contribution in [0.3, 0.4) is 0 Å². The van der Waals surface area contributed by atoms with Gasteiger partial charge in [-0.05, 0) is 24.1 Å². The lowest BCUT2D eigenvalue weighted by Crippen LogP contribution is -2.30. The summed E-state index contributed by atoms with van der Waals surface area (Å²) >= 11 is 0. The van der Waals surface area contributed by atoms with Crippen LogP contribution < -0.4 is 16.2 Å². The van der Waals surface area contributed by atoms with Gasteiger partial charge < -0.3 is 4.90 Å². The van der Waals surface area contributed by atoms with Crippen molar-refractivity contribution < 1.29 is 9.18 Å². The summed E-state index contributed by atoms with van der Waals surface area (Å²) in [5.41, 5.74) is 4.25. The fraction of sp³-hybridized carbons (Fsp3) is 0.308. The Hall–Kier alpha value is -2.48. The van der Waals surface area contributed by atoms with E-state index in [1.807, 2.05) is 11.5 Å². The molecule has 1 aromatic heterocycles. The summed E-state index contributed by atoms with van der Waals surface area (Å²) in [6.07, 6.45) is 2.44. The molecule has 0 unspecified atom stereocenters. The lowest BCUT2D eigenvalue weighted by Gasteiger charge is -2.19. The van der Waals surface area contributed by atoms with Crippen molar-refractivity contribution in [1.82, 2.24) is 20.4 Å². The van der Waals surface area contributed by atoms with Gasteiger partial charge in [0.1, 0.15) is 5.82 Å². The Kier molecular flexibility index (Phi) is 3.53. The van der Waals surface area contributed by atoms with E-state index in [2.05, 4.69) is 15.2 Å². The van der Waals surface area contributed by atoms with Gasteiger partial charge in [0.05, 0.1) is 12.7 Å². The number of carbonyl (C=O) groups is 1. The molecule has 0 bridgehead atoms. The molecule has 0 radical (unpaired) electrons. The van der Waals surface area contributed by atoms with E-state index in [0.717, 1.165) is 24.2 Å². The van der Waals surface area contributed by atoms with Gasteiger partial charge in [-0.25, -0.2) is 14.9 Å². The van der Waals surface area contributed by atoms with Crippen LogP contribution in [-0.4, -0.2) is 34.0 Å². The zero-order chi connectivity index (χ0) is 14.8. The van der Waals surface area contributed by atoms with Gasteiger partial charge in [-0.1, -0.05) is 11.3 Å². The number of hydrogen-bond donors (Lipinski definition) is 2. The Balaban J connectivity index is 1.66. The molecular formula is C13H15FN6O. The highest BCUT2D eigenvalue weighted by atomic mass is 19.1. The first kappa shape index (κ1) is 13.5. The average Bonchev–Trinajstić information content (AvgIpc) is 3.10. The normalized spacial score (nSPS) is 13.3. The topological polar surface area (TPSA) is 89.1 Å². The summed E-state index contributed by atoms with van der Waals surface area (Å²) in [5, 5.41) is 7.60. The van der Waals surface area contributed by atoms with Gasteiger partial charge >= 0.3 is 0 Å². The molecule has 0 spiro atoms. The molecule has 1 aliphatic heterocycles. The van der Waals surface area contributed by atoms with Crippen LogP contribution in [0, 0.1) is 5.82 Å². The SMILES string of the molecule is NNC(=O)c1cn(CCN2CCc3ccc(F)cc32)nn1. The zero-order valence-corrected chi connectivity index (χ0v) is 11.3. The summed E-state index contributed by atoms with van der Waals surface area (Å²) in [6.45, 7) is 2.08. The lowest BCUT2D eigenvalue weighted by molar-refractivity contribution is 0.0948. The van der Waals surface area contributed by atoms with Crippen LogP contribution in [0.1, 0.15) is 16.1 Å². The van der Waals surface area contributed by atoms with Gasteiger partial charge in [0.15, 0.2) is 5.69 Å². The minimum Gasteiger partial charge on any atom is -0.369 e. The van der Waals surface area contributed by atoms with Crippen LogP contribution >= 0.6 is 0 Å². The first-order valence-corrected chi connectivity index (χ1v) is 6.62. The van der Waals surface area contributed by atoms with E-state index in [0.29, 0.717) is 13.1 Å². The first-order valence-electron chi connectivity index (χ1n) is 6.62. The van der Waals surface area contributed by atoms with Gasteiger partial charge in [-0.3, -0.25) is 10.2 Å². The fourth-order valence-electron chi connectivity index (χ4n) is 2.46. The molecule has 1 aromatic carbocycles. The van der Waals surface area contributed by atoms with Crippen molar-refractivity contribution in [1.29, 1.82) is 0 Å². The molecule has 2 aromatic rings. The number of benzene rings is 1. The number of hydrazine groups is 1. The smallest absolute Gasteiger partial charge is 0.287 e. The second kappa shape index (κ2) is 5.49. The number of fused-ring (bicyclic) bond motifs is 1. The van der Waals surface area contributed by atoms with Crippen LogP contribution in [0.5, 0.6) is 0 Å². The number of nitrogens with one attached hydrogen (secondary N) is 1. The molecule has 2 heterocycles. The molecular weight excluding hydrogens is 275 g/mol. The van der Waals surface area contributed by atoms with E-state index in [4.69, 9.17) is 5.84 Å². The maximum absolute atomic E-state index is 13.3. The van der Waals surface area contributed by atoms with Gasteiger partial charge in [0.2, 0.25) is 0 Å². The fourth-order valence-corrected chi connectivity index (χ4v) is 2.46. The molecule has 7 nitrogen and oxygen atoms in total. The van der Waals surface area contributed by atoms with E-state index < -0.39 is 5.91 Å². The maximum atomic E-state index is 13.3. The van der Waals surface area contributed by atoms with Crippen LogP contribution in [0.25, 0.3) is 0 Å². The number of hydrogen-bond acceptors (Lipinski definition) is 5. The second-order valence-corrected chi connectivity index (χ2v) is 4.85.